The Bertz CT molecular complexity index is 749. The standard InChI is InChI=1S/C17H14N2O3S/c20-15(21)11-14-16(22)19(13-9-5-2-6-10-13)17(23)18(14)12-7-3-1-4-8-12/h1-10,14H,11H2,(H,20,21)/p-1/t14-/m0/s1. The molecule has 2 aromatic rings. The molecule has 1 amide bonds. The molecule has 1 aliphatic rings. The lowest BCUT2D eigenvalue weighted by Gasteiger charge is -2.24. The number of aliphatic carboxylic acids is 1. The summed E-state index contributed by atoms with van der Waals surface area (Å²) in [4.78, 5) is 26.8. The van der Waals surface area contributed by atoms with Crippen molar-refractivity contribution in [3.05, 3.63) is 60.7 Å². The SMILES string of the molecule is O=C([O-])C[C@H]1C(=O)N(c2ccccc2)C(=S)N1c1ccccc1. The third kappa shape index (κ3) is 2.80. The highest BCUT2D eigenvalue weighted by Gasteiger charge is 2.43. The topological polar surface area (TPSA) is 63.7 Å². The van der Waals surface area contributed by atoms with Crippen molar-refractivity contribution in [1.29, 1.82) is 0 Å². The first-order valence-corrected chi connectivity index (χ1v) is 7.47. The van der Waals surface area contributed by atoms with Crippen LogP contribution in [0.1, 0.15) is 6.42 Å². The second kappa shape index (κ2) is 6.18. The largest absolute Gasteiger partial charge is 0.550 e. The zero-order chi connectivity index (χ0) is 16.4. The molecule has 6 heteroatoms. The molecule has 2 aromatic carbocycles. The van der Waals surface area contributed by atoms with E-state index in [0.29, 0.717) is 11.4 Å². The fourth-order valence-electron chi connectivity index (χ4n) is 2.62. The van der Waals surface area contributed by atoms with Gasteiger partial charge in [0.1, 0.15) is 6.04 Å². The van der Waals surface area contributed by atoms with E-state index in [1.54, 1.807) is 41.3 Å². The molecule has 1 heterocycles. The second-order valence-corrected chi connectivity index (χ2v) is 5.45. The van der Waals surface area contributed by atoms with Crippen LogP contribution in [0.4, 0.5) is 11.4 Å². The molecule has 3 rings (SSSR count). The van der Waals surface area contributed by atoms with E-state index in [0.717, 1.165) is 0 Å². The summed E-state index contributed by atoms with van der Waals surface area (Å²) in [5.41, 5.74) is 1.29. The number of carbonyl (C=O) groups excluding carboxylic acids is 2. The average molecular weight is 325 g/mol. The Morgan fingerprint density at radius 1 is 1.00 bits per heavy atom. The Morgan fingerprint density at radius 2 is 1.52 bits per heavy atom. The molecule has 0 saturated carbocycles. The number of anilines is 2. The number of carbonyl (C=O) groups is 2. The summed E-state index contributed by atoms with van der Waals surface area (Å²) in [5, 5.41) is 11.3. The van der Waals surface area contributed by atoms with Crippen LogP contribution < -0.4 is 14.9 Å². The van der Waals surface area contributed by atoms with Crippen LogP contribution in [0, 0.1) is 0 Å². The van der Waals surface area contributed by atoms with Gasteiger partial charge in [-0.25, -0.2) is 0 Å². The van der Waals surface area contributed by atoms with E-state index in [2.05, 4.69) is 0 Å². The molecule has 0 aromatic heterocycles. The predicted octanol–water partition coefficient (Wildman–Crippen LogP) is 1.33. The molecule has 0 spiro atoms. The molecule has 1 saturated heterocycles. The highest BCUT2D eigenvalue weighted by molar-refractivity contribution is 7.81. The van der Waals surface area contributed by atoms with Crippen LogP contribution in [0.3, 0.4) is 0 Å². The molecule has 5 nitrogen and oxygen atoms in total. The molecule has 1 aliphatic heterocycles. The van der Waals surface area contributed by atoms with E-state index in [1.807, 2.05) is 24.3 Å². The van der Waals surface area contributed by atoms with Gasteiger partial charge in [-0.3, -0.25) is 9.69 Å². The van der Waals surface area contributed by atoms with E-state index >= 15 is 0 Å². The lowest BCUT2D eigenvalue weighted by molar-refractivity contribution is -0.305. The van der Waals surface area contributed by atoms with Crippen molar-refractivity contribution in [3.63, 3.8) is 0 Å². The molecule has 0 radical (unpaired) electrons. The summed E-state index contributed by atoms with van der Waals surface area (Å²) in [6, 6.07) is 17.1. The van der Waals surface area contributed by atoms with Crippen molar-refractivity contribution in [3.8, 4) is 0 Å². The van der Waals surface area contributed by atoms with Crippen LogP contribution in [-0.4, -0.2) is 23.0 Å². The van der Waals surface area contributed by atoms with Crippen LogP contribution in [-0.2, 0) is 9.59 Å². The maximum Gasteiger partial charge on any atom is 0.256 e. The minimum Gasteiger partial charge on any atom is -0.550 e. The van der Waals surface area contributed by atoms with Gasteiger partial charge < -0.3 is 14.8 Å². The number of para-hydroxylation sites is 2. The van der Waals surface area contributed by atoms with Gasteiger partial charge in [0.05, 0.1) is 5.69 Å². The van der Waals surface area contributed by atoms with E-state index in [-0.39, 0.29) is 11.0 Å². The summed E-state index contributed by atoms with van der Waals surface area (Å²) in [6.07, 6.45) is -0.419. The first-order chi connectivity index (χ1) is 11.1. The number of hydrogen-bond donors (Lipinski definition) is 0. The zero-order valence-corrected chi connectivity index (χ0v) is 12.9. The Balaban J connectivity index is 2.04. The van der Waals surface area contributed by atoms with Gasteiger partial charge in [-0.2, -0.15) is 0 Å². The van der Waals surface area contributed by atoms with E-state index in [9.17, 15) is 14.7 Å². The van der Waals surface area contributed by atoms with Crippen LogP contribution >= 0.6 is 12.2 Å². The molecule has 1 fully saturated rings. The van der Waals surface area contributed by atoms with Gasteiger partial charge in [-0.15, -0.1) is 0 Å². The molecule has 0 N–H and O–H groups in total. The highest BCUT2D eigenvalue weighted by Crippen LogP contribution is 2.31. The van der Waals surface area contributed by atoms with Crippen LogP contribution in [0.2, 0.25) is 0 Å². The number of nitrogens with zero attached hydrogens (tertiary/aromatic N) is 2. The number of carboxylic acids is 1. The van der Waals surface area contributed by atoms with E-state index in [4.69, 9.17) is 12.2 Å². The summed E-state index contributed by atoms with van der Waals surface area (Å²) >= 11 is 5.45. The Labute approximate surface area is 138 Å². The van der Waals surface area contributed by atoms with E-state index in [1.165, 1.54) is 4.90 Å². The number of thiocarbonyl (C=S) groups is 1. The van der Waals surface area contributed by atoms with Crippen molar-refractivity contribution in [2.24, 2.45) is 0 Å². The maximum absolute atomic E-state index is 12.7. The number of hydrogen-bond acceptors (Lipinski definition) is 4. The Morgan fingerprint density at radius 3 is 2.04 bits per heavy atom. The van der Waals surface area contributed by atoms with Crippen LogP contribution in [0.5, 0.6) is 0 Å². The Kier molecular flexibility index (Phi) is 4.08. The van der Waals surface area contributed by atoms with Gasteiger partial charge in [0.15, 0.2) is 5.11 Å². The number of carboxylic acid groups (broad SMARTS) is 1. The number of amides is 1. The molecule has 23 heavy (non-hydrogen) atoms. The van der Waals surface area contributed by atoms with Crippen molar-refractivity contribution in [1.82, 2.24) is 0 Å². The minimum atomic E-state index is -1.29. The van der Waals surface area contributed by atoms with Crippen LogP contribution in [0.25, 0.3) is 0 Å². The smallest absolute Gasteiger partial charge is 0.256 e. The summed E-state index contributed by atoms with van der Waals surface area (Å²) in [7, 11) is 0. The monoisotopic (exact) mass is 325 g/mol. The van der Waals surface area contributed by atoms with Gasteiger partial charge >= 0.3 is 0 Å². The molecular formula is C17H13N2O3S-. The van der Waals surface area contributed by atoms with Crippen molar-refractivity contribution < 1.29 is 14.7 Å². The molecular weight excluding hydrogens is 312 g/mol. The van der Waals surface area contributed by atoms with Gasteiger partial charge in [0.2, 0.25) is 0 Å². The maximum atomic E-state index is 12.7. The normalized spacial score (nSPS) is 17.7. The first kappa shape index (κ1) is 15.2. The fraction of sp³-hybridized carbons (Fsp3) is 0.118. The summed E-state index contributed by atoms with van der Waals surface area (Å²) in [6.45, 7) is 0. The molecule has 0 aliphatic carbocycles. The number of rotatable bonds is 4. The third-order valence-electron chi connectivity index (χ3n) is 3.62. The van der Waals surface area contributed by atoms with Gasteiger partial charge in [-0.1, -0.05) is 36.4 Å². The van der Waals surface area contributed by atoms with Gasteiger partial charge in [0, 0.05) is 18.1 Å². The summed E-state index contributed by atoms with van der Waals surface area (Å²) < 4.78 is 0. The molecule has 0 unspecified atom stereocenters. The van der Waals surface area contributed by atoms with Gasteiger partial charge in [0.25, 0.3) is 5.91 Å². The number of benzene rings is 2. The average Bonchev–Trinajstić information content (AvgIpc) is 2.79. The quantitative estimate of drug-likeness (QED) is 0.794. The predicted molar refractivity (Wildman–Crippen MR) is 88.9 cm³/mol. The summed E-state index contributed by atoms with van der Waals surface area (Å²) in [5.74, 6) is -1.66. The first-order valence-electron chi connectivity index (χ1n) is 7.06. The minimum absolute atomic E-state index is 0.263. The van der Waals surface area contributed by atoms with Crippen molar-refractivity contribution in [2.75, 3.05) is 9.80 Å². The van der Waals surface area contributed by atoms with Crippen LogP contribution in [0.15, 0.2) is 60.7 Å². The molecule has 1 atom stereocenters. The van der Waals surface area contributed by atoms with E-state index < -0.39 is 18.4 Å². The lowest BCUT2D eigenvalue weighted by atomic mass is 10.1. The third-order valence-corrected chi connectivity index (χ3v) is 4.00. The van der Waals surface area contributed by atoms with Crippen molar-refractivity contribution in [2.45, 2.75) is 12.5 Å². The van der Waals surface area contributed by atoms with Crippen molar-refractivity contribution >= 4 is 40.6 Å². The molecule has 116 valence electrons. The van der Waals surface area contributed by atoms with Gasteiger partial charge in [-0.05, 0) is 36.5 Å². The molecule has 0 bridgehead atoms. The lowest BCUT2D eigenvalue weighted by Crippen LogP contribution is -2.40. The second-order valence-electron chi connectivity index (χ2n) is 5.09. The highest BCUT2D eigenvalue weighted by atomic mass is 32.1. The zero-order valence-electron chi connectivity index (χ0n) is 12.1. The Hall–Kier alpha value is -2.73. The fourth-order valence-corrected chi connectivity index (χ4v) is 3.05.